The molecule has 2 aromatic carbocycles. The van der Waals surface area contributed by atoms with Crippen LogP contribution in [0.1, 0.15) is 33.6 Å². The minimum Gasteiger partial charge on any atom is -0.497 e. The minimum absolute atomic E-state index is 0.130. The lowest BCUT2D eigenvalue weighted by Gasteiger charge is -2.24. The van der Waals surface area contributed by atoms with Gasteiger partial charge in [0.15, 0.2) is 0 Å². The first-order valence-corrected chi connectivity index (χ1v) is 11.7. The van der Waals surface area contributed by atoms with Crippen LogP contribution in [0.5, 0.6) is 5.75 Å². The molecule has 0 spiro atoms. The number of thiazole rings is 1. The van der Waals surface area contributed by atoms with Crippen molar-refractivity contribution in [2.75, 3.05) is 13.7 Å². The summed E-state index contributed by atoms with van der Waals surface area (Å²) >= 11 is 1.60. The fourth-order valence-electron chi connectivity index (χ4n) is 4.10. The molecule has 1 fully saturated rings. The minimum atomic E-state index is -0.731. The molecule has 172 valence electrons. The van der Waals surface area contributed by atoms with E-state index >= 15 is 0 Å². The lowest BCUT2D eigenvalue weighted by atomic mass is 10.1. The van der Waals surface area contributed by atoms with Crippen molar-refractivity contribution in [2.24, 2.45) is 0 Å². The number of aliphatic hydroxyl groups excluding tert-OH is 1. The molecule has 0 saturated carbocycles. The summed E-state index contributed by atoms with van der Waals surface area (Å²) in [5.41, 5.74) is 6.13. The molecule has 0 aliphatic carbocycles. The van der Waals surface area contributed by atoms with Gasteiger partial charge in [0, 0.05) is 25.1 Å². The maximum Gasteiger partial charge on any atom is 0.254 e. The van der Waals surface area contributed by atoms with Crippen molar-refractivity contribution in [3.8, 4) is 16.2 Å². The first kappa shape index (κ1) is 22.9. The number of hydrogen-bond donors (Lipinski definition) is 2. The summed E-state index contributed by atoms with van der Waals surface area (Å²) in [6, 6.07) is 12.5. The Balaban J connectivity index is 1.42. The van der Waals surface area contributed by atoms with Gasteiger partial charge in [-0.05, 0) is 48.7 Å². The third kappa shape index (κ3) is 4.91. The Kier molecular flexibility index (Phi) is 6.76. The number of carbonyl (C=O) groups excluding carboxylic acids is 2. The third-order valence-corrected chi connectivity index (χ3v) is 6.91. The summed E-state index contributed by atoms with van der Waals surface area (Å²) in [7, 11) is 1.57. The zero-order valence-corrected chi connectivity index (χ0v) is 19.7. The Morgan fingerprint density at radius 2 is 1.97 bits per heavy atom. The number of hydrogen-bond acceptors (Lipinski definition) is 6. The number of methoxy groups -OCH3 is 1. The van der Waals surface area contributed by atoms with Crippen LogP contribution in [-0.4, -0.2) is 52.6 Å². The second-order valence-corrected chi connectivity index (χ2v) is 9.08. The van der Waals surface area contributed by atoms with Gasteiger partial charge >= 0.3 is 0 Å². The van der Waals surface area contributed by atoms with Crippen molar-refractivity contribution >= 4 is 23.2 Å². The Bertz CT molecular complexity index is 1160. The summed E-state index contributed by atoms with van der Waals surface area (Å²) < 4.78 is 5.21. The largest absolute Gasteiger partial charge is 0.497 e. The van der Waals surface area contributed by atoms with Gasteiger partial charge in [0.25, 0.3) is 5.91 Å². The standard InChI is InChI=1S/C25H27N3O4S/c1-15-10-20(32-3)8-9-21(15)25(31)28-13-19(29)11-22(28)24(30)26-12-17-4-6-18(7-5-17)23-16(2)27-14-33-23/h4-10,14,19,22,29H,11-13H2,1-3H3,(H,26,30)/t19-,22+/m1/s1. The summed E-state index contributed by atoms with van der Waals surface area (Å²) in [5, 5.41) is 13.1. The van der Waals surface area contributed by atoms with E-state index in [1.165, 1.54) is 4.90 Å². The van der Waals surface area contributed by atoms with Gasteiger partial charge in [0.05, 0.1) is 29.3 Å². The van der Waals surface area contributed by atoms with E-state index in [4.69, 9.17) is 4.74 Å². The molecular formula is C25H27N3O4S. The van der Waals surface area contributed by atoms with E-state index in [0.29, 0.717) is 17.9 Å². The van der Waals surface area contributed by atoms with Crippen molar-refractivity contribution in [3.63, 3.8) is 0 Å². The number of rotatable bonds is 6. The highest BCUT2D eigenvalue weighted by atomic mass is 32.1. The van der Waals surface area contributed by atoms with Crippen LogP contribution in [0, 0.1) is 13.8 Å². The average Bonchev–Trinajstić information content (AvgIpc) is 3.42. The number of aliphatic hydroxyl groups is 1. The van der Waals surface area contributed by atoms with Crippen LogP contribution in [0.3, 0.4) is 0 Å². The normalized spacial score (nSPS) is 17.8. The molecule has 1 aliphatic rings. The maximum absolute atomic E-state index is 13.2. The molecule has 2 amide bonds. The molecule has 2 heterocycles. The highest BCUT2D eigenvalue weighted by Gasteiger charge is 2.39. The molecule has 7 nitrogen and oxygen atoms in total. The molecule has 0 unspecified atom stereocenters. The Hall–Kier alpha value is -3.23. The molecule has 2 N–H and O–H groups in total. The molecule has 1 aromatic heterocycles. The van der Waals surface area contributed by atoms with Gasteiger partial charge in [-0.1, -0.05) is 24.3 Å². The Morgan fingerprint density at radius 3 is 2.61 bits per heavy atom. The van der Waals surface area contributed by atoms with Crippen LogP contribution in [0.25, 0.3) is 10.4 Å². The van der Waals surface area contributed by atoms with E-state index in [1.54, 1.807) is 36.6 Å². The number of amides is 2. The van der Waals surface area contributed by atoms with Crippen LogP contribution in [0.4, 0.5) is 0 Å². The predicted molar refractivity (Wildman–Crippen MR) is 127 cm³/mol. The molecule has 0 bridgehead atoms. The molecule has 0 radical (unpaired) electrons. The maximum atomic E-state index is 13.2. The van der Waals surface area contributed by atoms with E-state index in [1.807, 2.05) is 43.6 Å². The lowest BCUT2D eigenvalue weighted by Crippen LogP contribution is -2.45. The fraction of sp³-hybridized carbons (Fsp3) is 0.320. The number of aromatic nitrogens is 1. The van der Waals surface area contributed by atoms with Gasteiger partial charge in [0.1, 0.15) is 11.8 Å². The van der Waals surface area contributed by atoms with E-state index < -0.39 is 12.1 Å². The van der Waals surface area contributed by atoms with E-state index in [9.17, 15) is 14.7 Å². The van der Waals surface area contributed by atoms with Crippen LogP contribution >= 0.6 is 11.3 Å². The Morgan fingerprint density at radius 1 is 1.21 bits per heavy atom. The zero-order valence-electron chi connectivity index (χ0n) is 18.9. The topological polar surface area (TPSA) is 91.8 Å². The molecule has 8 heteroatoms. The van der Waals surface area contributed by atoms with E-state index in [0.717, 1.165) is 27.3 Å². The number of β-amino-alcohol motifs (C(OH)–C–C–N with tert-alkyl or cyclic N) is 1. The monoisotopic (exact) mass is 465 g/mol. The highest BCUT2D eigenvalue weighted by molar-refractivity contribution is 7.13. The first-order chi connectivity index (χ1) is 15.9. The zero-order chi connectivity index (χ0) is 23.5. The van der Waals surface area contributed by atoms with Crippen LogP contribution < -0.4 is 10.1 Å². The summed E-state index contributed by atoms with van der Waals surface area (Å²) in [6.07, 6.45) is -0.513. The van der Waals surface area contributed by atoms with Gasteiger partial charge in [-0.3, -0.25) is 9.59 Å². The van der Waals surface area contributed by atoms with Crippen molar-refractivity contribution in [1.82, 2.24) is 15.2 Å². The molecule has 2 atom stereocenters. The van der Waals surface area contributed by atoms with Crippen LogP contribution in [-0.2, 0) is 11.3 Å². The van der Waals surface area contributed by atoms with Gasteiger partial charge < -0.3 is 20.1 Å². The fourth-order valence-corrected chi connectivity index (χ4v) is 4.92. The number of benzene rings is 2. The highest BCUT2D eigenvalue weighted by Crippen LogP contribution is 2.27. The van der Waals surface area contributed by atoms with Gasteiger partial charge in [-0.2, -0.15) is 0 Å². The van der Waals surface area contributed by atoms with E-state index in [2.05, 4.69) is 10.3 Å². The first-order valence-electron chi connectivity index (χ1n) is 10.8. The molecule has 4 rings (SSSR count). The molecule has 33 heavy (non-hydrogen) atoms. The van der Waals surface area contributed by atoms with Gasteiger partial charge in [0.2, 0.25) is 5.91 Å². The summed E-state index contributed by atoms with van der Waals surface area (Å²) in [6.45, 7) is 4.29. The number of nitrogens with zero attached hydrogens (tertiary/aromatic N) is 2. The van der Waals surface area contributed by atoms with Crippen LogP contribution in [0.15, 0.2) is 48.0 Å². The smallest absolute Gasteiger partial charge is 0.254 e. The van der Waals surface area contributed by atoms with Crippen molar-refractivity contribution in [3.05, 3.63) is 70.4 Å². The number of aryl methyl sites for hydroxylation is 2. The Labute approximate surface area is 197 Å². The molecule has 1 aliphatic heterocycles. The molecule has 3 aromatic rings. The third-order valence-electron chi connectivity index (χ3n) is 5.93. The van der Waals surface area contributed by atoms with Gasteiger partial charge in [-0.15, -0.1) is 11.3 Å². The van der Waals surface area contributed by atoms with Crippen molar-refractivity contribution in [2.45, 2.75) is 39.0 Å². The molecular weight excluding hydrogens is 438 g/mol. The number of likely N-dealkylation sites (tertiary alicyclic amines) is 1. The quantitative estimate of drug-likeness (QED) is 0.583. The predicted octanol–water partition coefficient (Wildman–Crippen LogP) is 3.33. The summed E-state index contributed by atoms with van der Waals surface area (Å²) in [5.74, 6) is 0.126. The average molecular weight is 466 g/mol. The van der Waals surface area contributed by atoms with Crippen LogP contribution in [0.2, 0.25) is 0 Å². The number of ether oxygens (including phenoxy) is 1. The second kappa shape index (κ2) is 9.72. The van der Waals surface area contributed by atoms with Gasteiger partial charge in [-0.25, -0.2) is 4.98 Å². The van der Waals surface area contributed by atoms with E-state index in [-0.39, 0.29) is 24.8 Å². The number of carbonyl (C=O) groups is 2. The molecule has 1 saturated heterocycles. The SMILES string of the molecule is COc1ccc(C(=O)N2C[C@H](O)C[C@H]2C(=O)NCc2ccc(-c3scnc3C)cc2)c(C)c1. The number of nitrogens with one attached hydrogen (secondary N) is 1. The second-order valence-electron chi connectivity index (χ2n) is 8.23. The van der Waals surface area contributed by atoms with Crippen molar-refractivity contribution in [1.29, 1.82) is 0 Å². The van der Waals surface area contributed by atoms with Crippen molar-refractivity contribution < 1.29 is 19.4 Å². The lowest BCUT2D eigenvalue weighted by molar-refractivity contribution is -0.125. The summed E-state index contributed by atoms with van der Waals surface area (Å²) in [4.78, 5) is 33.0.